The van der Waals surface area contributed by atoms with Crippen molar-refractivity contribution >= 4 is 39.5 Å². The number of rotatable bonds is 79. The summed E-state index contributed by atoms with van der Waals surface area (Å²) in [7, 11) is -9.92. The zero-order valence-corrected chi connectivity index (χ0v) is 66.6. The Balaban J connectivity index is 5.23. The van der Waals surface area contributed by atoms with E-state index in [4.69, 9.17) is 37.0 Å². The van der Waals surface area contributed by atoms with Gasteiger partial charge in [-0.1, -0.05) is 369 Å². The van der Waals surface area contributed by atoms with Gasteiger partial charge in [-0.15, -0.1) is 0 Å². The highest BCUT2D eigenvalue weighted by atomic mass is 31.2. The number of esters is 4. The van der Waals surface area contributed by atoms with Crippen LogP contribution < -0.4 is 0 Å². The molecule has 17 nitrogen and oxygen atoms in total. The number of unbranched alkanes of at least 4 members (excludes halogenated alkanes) is 49. The highest BCUT2D eigenvalue weighted by molar-refractivity contribution is 7.47. The minimum atomic E-state index is -4.96. The number of hydrogen-bond donors (Lipinski definition) is 3. The van der Waals surface area contributed by atoms with Gasteiger partial charge in [0, 0.05) is 25.7 Å². The molecule has 5 atom stereocenters. The number of phosphoric ester groups is 2. The van der Waals surface area contributed by atoms with Gasteiger partial charge in [-0.3, -0.25) is 37.3 Å². The molecule has 588 valence electrons. The fourth-order valence-electron chi connectivity index (χ4n) is 12.4. The van der Waals surface area contributed by atoms with Gasteiger partial charge in [-0.25, -0.2) is 9.13 Å². The molecule has 0 aromatic heterocycles. The molecule has 0 aromatic rings. The first-order valence-corrected chi connectivity index (χ1v) is 44.5. The predicted octanol–water partition coefficient (Wildman–Crippen LogP) is 23.9. The zero-order chi connectivity index (χ0) is 72.8. The predicted molar refractivity (Wildman–Crippen MR) is 405 cm³/mol. The van der Waals surface area contributed by atoms with E-state index in [0.717, 1.165) is 102 Å². The van der Waals surface area contributed by atoms with Crippen LogP contribution in [0.1, 0.15) is 420 Å². The minimum Gasteiger partial charge on any atom is -0.462 e. The van der Waals surface area contributed by atoms with Crippen LogP contribution in [0.4, 0.5) is 0 Å². The Hall–Kier alpha value is -1.94. The Labute approximate surface area is 607 Å². The Kier molecular flexibility index (Phi) is 70.3. The molecule has 0 fully saturated rings. The molecule has 0 saturated carbocycles. The van der Waals surface area contributed by atoms with E-state index in [9.17, 15) is 43.2 Å². The molecular weight excluding hydrogens is 1290 g/mol. The second-order valence-electron chi connectivity index (χ2n) is 29.8. The highest BCUT2D eigenvalue weighted by Gasteiger charge is 2.30. The van der Waals surface area contributed by atoms with E-state index in [0.29, 0.717) is 25.7 Å². The van der Waals surface area contributed by atoms with Crippen molar-refractivity contribution < 1.29 is 80.2 Å². The van der Waals surface area contributed by atoms with E-state index in [1.807, 2.05) is 0 Å². The van der Waals surface area contributed by atoms with Crippen LogP contribution in [-0.2, 0) is 65.4 Å². The lowest BCUT2D eigenvalue weighted by Gasteiger charge is -2.21. The number of carbonyl (C=O) groups is 4. The van der Waals surface area contributed by atoms with Gasteiger partial charge in [-0.2, -0.15) is 0 Å². The van der Waals surface area contributed by atoms with Gasteiger partial charge in [0.05, 0.1) is 26.4 Å². The van der Waals surface area contributed by atoms with Gasteiger partial charge in [0.15, 0.2) is 12.2 Å². The van der Waals surface area contributed by atoms with Crippen molar-refractivity contribution in [3.8, 4) is 0 Å². The first-order chi connectivity index (χ1) is 47.9. The fraction of sp³-hybridized carbons (Fsp3) is 0.950. The summed E-state index contributed by atoms with van der Waals surface area (Å²) < 4.78 is 68.7. The van der Waals surface area contributed by atoms with Gasteiger partial charge in [-0.05, 0) is 37.5 Å². The van der Waals surface area contributed by atoms with Gasteiger partial charge in [0.2, 0.25) is 0 Å². The molecule has 3 N–H and O–H groups in total. The number of carbonyl (C=O) groups excluding carboxylic acids is 4. The molecule has 0 aliphatic rings. The Morgan fingerprint density at radius 1 is 0.273 bits per heavy atom. The summed E-state index contributed by atoms with van der Waals surface area (Å²) in [5.74, 6) is -0.583. The molecule has 19 heteroatoms. The van der Waals surface area contributed by atoms with Crippen molar-refractivity contribution in [2.24, 2.45) is 11.8 Å². The molecule has 0 aliphatic carbocycles. The molecule has 0 radical (unpaired) electrons. The third-order valence-electron chi connectivity index (χ3n) is 18.7. The summed E-state index contributed by atoms with van der Waals surface area (Å²) in [5.41, 5.74) is 0. The summed E-state index contributed by atoms with van der Waals surface area (Å²) in [6.45, 7) is 9.62. The lowest BCUT2D eigenvalue weighted by atomic mass is 10.0. The monoisotopic (exact) mass is 1450 g/mol. The third kappa shape index (κ3) is 74.1. The summed E-state index contributed by atoms with van der Waals surface area (Å²) >= 11 is 0. The van der Waals surface area contributed by atoms with Gasteiger partial charge >= 0.3 is 39.5 Å². The first-order valence-electron chi connectivity index (χ1n) is 41.5. The van der Waals surface area contributed by atoms with E-state index in [1.165, 1.54) is 238 Å². The third-order valence-corrected chi connectivity index (χ3v) is 20.6. The molecule has 0 aromatic carbocycles. The van der Waals surface area contributed by atoms with Crippen molar-refractivity contribution in [2.45, 2.75) is 439 Å². The maximum absolute atomic E-state index is 13.1. The van der Waals surface area contributed by atoms with Crippen LogP contribution >= 0.6 is 15.6 Å². The zero-order valence-electron chi connectivity index (χ0n) is 64.8. The normalized spacial score (nSPS) is 13.9. The molecule has 0 rings (SSSR count). The topological polar surface area (TPSA) is 237 Å². The second kappa shape index (κ2) is 71.7. The maximum atomic E-state index is 13.1. The second-order valence-corrected chi connectivity index (χ2v) is 32.7. The largest absolute Gasteiger partial charge is 0.472 e. The molecule has 0 spiro atoms. The van der Waals surface area contributed by atoms with Crippen LogP contribution in [0.3, 0.4) is 0 Å². The molecule has 0 saturated heterocycles. The van der Waals surface area contributed by atoms with Crippen LogP contribution in [0.15, 0.2) is 0 Å². The van der Waals surface area contributed by atoms with Crippen LogP contribution in [0.25, 0.3) is 0 Å². The molecule has 0 heterocycles. The minimum absolute atomic E-state index is 0.106. The molecule has 99 heavy (non-hydrogen) atoms. The van der Waals surface area contributed by atoms with E-state index in [1.54, 1.807) is 0 Å². The van der Waals surface area contributed by atoms with Crippen LogP contribution in [0.2, 0.25) is 0 Å². The van der Waals surface area contributed by atoms with E-state index >= 15 is 0 Å². The lowest BCUT2D eigenvalue weighted by Crippen LogP contribution is -2.30. The molecule has 0 amide bonds. The summed E-state index contributed by atoms with van der Waals surface area (Å²) in [6, 6.07) is 0. The number of aliphatic hydroxyl groups excluding tert-OH is 1. The van der Waals surface area contributed by atoms with Crippen molar-refractivity contribution in [2.75, 3.05) is 39.6 Å². The smallest absolute Gasteiger partial charge is 0.462 e. The van der Waals surface area contributed by atoms with E-state index in [-0.39, 0.29) is 25.7 Å². The van der Waals surface area contributed by atoms with Gasteiger partial charge < -0.3 is 33.8 Å². The van der Waals surface area contributed by atoms with E-state index < -0.39 is 97.5 Å². The average Bonchev–Trinajstić information content (AvgIpc) is 0.987. The van der Waals surface area contributed by atoms with Crippen molar-refractivity contribution in [1.29, 1.82) is 0 Å². The fourth-order valence-corrected chi connectivity index (χ4v) is 13.9. The Morgan fingerprint density at radius 2 is 0.465 bits per heavy atom. The van der Waals surface area contributed by atoms with Crippen molar-refractivity contribution in [3.63, 3.8) is 0 Å². The molecular formula is C80H156O17P2. The van der Waals surface area contributed by atoms with Crippen LogP contribution in [0, 0.1) is 11.8 Å². The number of ether oxygens (including phenoxy) is 4. The van der Waals surface area contributed by atoms with Gasteiger partial charge in [0.25, 0.3) is 0 Å². The summed E-state index contributed by atoms with van der Waals surface area (Å²) in [6.07, 6.45) is 61.1. The van der Waals surface area contributed by atoms with Crippen molar-refractivity contribution in [1.82, 2.24) is 0 Å². The summed E-state index contributed by atoms with van der Waals surface area (Å²) in [4.78, 5) is 73.0. The van der Waals surface area contributed by atoms with E-state index in [2.05, 4.69) is 41.5 Å². The number of hydrogen-bond acceptors (Lipinski definition) is 15. The quantitative estimate of drug-likeness (QED) is 0.0222. The molecule has 0 bridgehead atoms. The van der Waals surface area contributed by atoms with Gasteiger partial charge in [0.1, 0.15) is 19.3 Å². The standard InChI is InChI=1S/C80H156O17P2/c1-7-9-11-13-15-17-19-20-21-22-23-24-25-26-29-34-40-46-52-58-64-79(84)96-75(68-91-78(83)63-57-51-45-39-33-30-27-28-32-36-42-48-54-60-72(3)4)70-94-98(86,87)92-66-74(81)67-93-99(88,89)95-71-76(69-90-77(82)62-56-50-44-38-31-18-16-14-12-10-8-2)97-80(85)65-59-53-47-41-35-37-43-49-55-61-73(5)6/h72-76,81H,7-71H2,1-6H3,(H,86,87)(H,88,89)/t74-,75-,76-/m1/s1. The average molecular weight is 1450 g/mol. The maximum Gasteiger partial charge on any atom is 0.472 e. The first kappa shape index (κ1) is 97.1. The molecule has 0 aliphatic heterocycles. The summed E-state index contributed by atoms with van der Waals surface area (Å²) in [5, 5.41) is 10.6. The van der Waals surface area contributed by atoms with Crippen LogP contribution in [-0.4, -0.2) is 96.7 Å². The lowest BCUT2D eigenvalue weighted by molar-refractivity contribution is -0.161. The SMILES string of the molecule is CCCCCCCCCCCCCCCCCCCCCCC(=O)O[C@H](COC(=O)CCCCCCCCCCCCCCCC(C)C)COP(=O)(O)OC[C@@H](O)COP(=O)(O)OC[C@@H](COC(=O)CCCCCCCCCCCCC)OC(=O)CCCCCCCCCCCC(C)C. The highest BCUT2D eigenvalue weighted by Crippen LogP contribution is 2.45. The number of phosphoric acid groups is 2. The van der Waals surface area contributed by atoms with Crippen LogP contribution in [0.5, 0.6) is 0 Å². The molecule has 2 unspecified atom stereocenters. The van der Waals surface area contributed by atoms with Crippen molar-refractivity contribution in [3.05, 3.63) is 0 Å². The Bertz CT molecular complexity index is 1910. The Morgan fingerprint density at radius 3 is 0.687 bits per heavy atom. The number of aliphatic hydroxyl groups is 1.